The average Bonchev–Trinajstić information content (AvgIpc) is 2.98. The van der Waals surface area contributed by atoms with Gasteiger partial charge in [0.05, 0.1) is 5.69 Å². The second kappa shape index (κ2) is 3.88. The molecule has 1 aromatic heterocycles. The summed E-state index contributed by atoms with van der Waals surface area (Å²) in [5.74, 6) is 2.68. The first-order chi connectivity index (χ1) is 7.74. The van der Waals surface area contributed by atoms with Crippen molar-refractivity contribution >= 4 is 0 Å². The summed E-state index contributed by atoms with van der Waals surface area (Å²) in [6.07, 6.45) is 8.61. The van der Waals surface area contributed by atoms with Crippen LogP contribution in [0.25, 0.3) is 0 Å². The van der Waals surface area contributed by atoms with Crippen molar-refractivity contribution in [1.29, 1.82) is 0 Å². The van der Waals surface area contributed by atoms with Crippen LogP contribution in [0.4, 0.5) is 0 Å². The molecule has 0 saturated heterocycles. The van der Waals surface area contributed by atoms with Crippen LogP contribution in [0.5, 0.6) is 0 Å². The van der Waals surface area contributed by atoms with Gasteiger partial charge in [-0.15, -0.1) is 0 Å². The molecule has 3 rings (SSSR count). The summed E-state index contributed by atoms with van der Waals surface area (Å²) in [5, 5.41) is 0. The van der Waals surface area contributed by atoms with Crippen LogP contribution in [0.2, 0.25) is 0 Å². The molecular formula is C13H21N3. The number of hydrogen-bond donors (Lipinski definition) is 1. The summed E-state index contributed by atoms with van der Waals surface area (Å²) in [4.78, 5) is 4.85. The first-order valence-electron chi connectivity index (χ1n) is 6.56. The maximum Gasteiger partial charge on any atom is 0.112 e. The van der Waals surface area contributed by atoms with Gasteiger partial charge in [-0.2, -0.15) is 0 Å². The van der Waals surface area contributed by atoms with Crippen molar-refractivity contribution in [1.82, 2.24) is 9.55 Å². The lowest BCUT2D eigenvalue weighted by Gasteiger charge is -2.24. The van der Waals surface area contributed by atoms with Crippen LogP contribution in [0.15, 0.2) is 6.20 Å². The van der Waals surface area contributed by atoms with Crippen molar-refractivity contribution in [3.8, 4) is 0 Å². The number of aromatic nitrogens is 2. The lowest BCUT2D eigenvalue weighted by molar-refractivity contribution is 0.406. The molecule has 0 amide bonds. The number of nitrogens with two attached hydrogens (primary N) is 1. The Morgan fingerprint density at radius 2 is 2.31 bits per heavy atom. The Kier molecular flexibility index (Phi) is 2.51. The van der Waals surface area contributed by atoms with Crippen LogP contribution in [0.3, 0.4) is 0 Å². The zero-order valence-electron chi connectivity index (χ0n) is 10.0. The molecule has 2 heterocycles. The SMILES string of the molecule is CC(N)CC1CCCn2cc(C3CC3)nc21. The molecule has 2 atom stereocenters. The number of fused-ring (bicyclic) bond motifs is 1. The normalized spacial score (nSPS) is 26.5. The molecule has 0 radical (unpaired) electrons. The fourth-order valence-electron chi connectivity index (χ4n) is 2.84. The van der Waals surface area contributed by atoms with Gasteiger partial charge in [0, 0.05) is 30.6 Å². The fraction of sp³-hybridized carbons (Fsp3) is 0.769. The van der Waals surface area contributed by atoms with E-state index >= 15 is 0 Å². The molecule has 0 aromatic carbocycles. The van der Waals surface area contributed by atoms with E-state index in [0.29, 0.717) is 5.92 Å². The van der Waals surface area contributed by atoms with E-state index in [1.165, 1.54) is 37.2 Å². The maximum absolute atomic E-state index is 5.92. The van der Waals surface area contributed by atoms with E-state index in [4.69, 9.17) is 10.7 Å². The summed E-state index contributed by atoms with van der Waals surface area (Å²) in [5.41, 5.74) is 7.26. The lowest BCUT2D eigenvalue weighted by Crippen LogP contribution is -2.23. The van der Waals surface area contributed by atoms with Crippen molar-refractivity contribution in [3.63, 3.8) is 0 Å². The number of rotatable bonds is 3. The van der Waals surface area contributed by atoms with Crippen molar-refractivity contribution in [2.75, 3.05) is 0 Å². The highest BCUT2D eigenvalue weighted by atomic mass is 15.1. The summed E-state index contributed by atoms with van der Waals surface area (Å²) in [6, 6.07) is 0.289. The number of aryl methyl sites for hydroxylation is 1. The standard InChI is InChI=1S/C13H21N3/c1-9(14)7-11-3-2-6-16-8-12(10-4-5-10)15-13(11)16/h8-11H,2-7,14H2,1H3. The van der Waals surface area contributed by atoms with Gasteiger partial charge in [0.2, 0.25) is 0 Å². The number of hydrogen-bond acceptors (Lipinski definition) is 2. The molecule has 2 aliphatic rings. The predicted octanol–water partition coefficient (Wildman–Crippen LogP) is 2.38. The minimum atomic E-state index is 0.289. The Balaban J connectivity index is 1.85. The molecule has 1 fully saturated rings. The van der Waals surface area contributed by atoms with Crippen LogP contribution >= 0.6 is 0 Å². The highest BCUT2D eigenvalue weighted by Crippen LogP contribution is 2.41. The molecule has 1 aliphatic heterocycles. The van der Waals surface area contributed by atoms with Crippen LogP contribution < -0.4 is 5.73 Å². The topological polar surface area (TPSA) is 43.8 Å². The Morgan fingerprint density at radius 3 is 3.00 bits per heavy atom. The molecule has 88 valence electrons. The zero-order valence-corrected chi connectivity index (χ0v) is 10.0. The Morgan fingerprint density at radius 1 is 1.50 bits per heavy atom. The molecule has 1 saturated carbocycles. The Hall–Kier alpha value is -0.830. The summed E-state index contributed by atoms with van der Waals surface area (Å²) in [6.45, 7) is 3.26. The van der Waals surface area contributed by atoms with Crippen molar-refractivity contribution < 1.29 is 0 Å². The summed E-state index contributed by atoms with van der Waals surface area (Å²) >= 11 is 0. The number of nitrogens with zero attached hydrogens (tertiary/aromatic N) is 2. The van der Waals surface area contributed by atoms with Gasteiger partial charge in [0.25, 0.3) is 0 Å². The molecule has 2 unspecified atom stereocenters. The van der Waals surface area contributed by atoms with E-state index in [-0.39, 0.29) is 6.04 Å². The van der Waals surface area contributed by atoms with E-state index in [9.17, 15) is 0 Å². The van der Waals surface area contributed by atoms with Crippen LogP contribution in [0.1, 0.15) is 62.4 Å². The minimum absolute atomic E-state index is 0.289. The van der Waals surface area contributed by atoms with Gasteiger partial charge in [-0.05, 0) is 39.0 Å². The quantitative estimate of drug-likeness (QED) is 0.848. The molecule has 2 N–H and O–H groups in total. The van der Waals surface area contributed by atoms with Crippen LogP contribution in [-0.4, -0.2) is 15.6 Å². The molecule has 3 heteroatoms. The fourth-order valence-corrected chi connectivity index (χ4v) is 2.84. The highest BCUT2D eigenvalue weighted by Gasteiger charge is 2.30. The smallest absolute Gasteiger partial charge is 0.112 e. The molecule has 1 aromatic rings. The van der Waals surface area contributed by atoms with Gasteiger partial charge in [-0.25, -0.2) is 4.98 Å². The largest absolute Gasteiger partial charge is 0.334 e. The zero-order chi connectivity index (χ0) is 11.1. The molecule has 0 spiro atoms. The van der Waals surface area contributed by atoms with Crippen molar-refractivity contribution in [2.45, 2.75) is 63.5 Å². The van der Waals surface area contributed by atoms with E-state index in [2.05, 4.69) is 17.7 Å². The third-order valence-electron chi connectivity index (χ3n) is 3.79. The maximum atomic E-state index is 5.92. The van der Waals surface area contributed by atoms with Crippen LogP contribution in [0, 0.1) is 0 Å². The first kappa shape index (κ1) is 10.3. The Labute approximate surface area is 97.0 Å². The first-order valence-corrected chi connectivity index (χ1v) is 6.56. The summed E-state index contributed by atoms with van der Waals surface area (Å²) < 4.78 is 2.38. The van der Waals surface area contributed by atoms with Gasteiger partial charge >= 0.3 is 0 Å². The van der Waals surface area contributed by atoms with E-state index < -0.39 is 0 Å². The van der Waals surface area contributed by atoms with Crippen molar-refractivity contribution in [3.05, 3.63) is 17.7 Å². The van der Waals surface area contributed by atoms with E-state index in [1.54, 1.807) is 0 Å². The van der Waals surface area contributed by atoms with Crippen molar-refractivity contribution in [2.24, 2.45) is 5.73 Å². The second-order valence-electron chi connectivity index (χ2n) is 5.54. The Bertz CT molecular complexity index is 377. The molecular weight excluding hydrogens is 198 g/mol. The monoisotopic (exact) mass is 219 g/mol. The minimum Gasteiger partial charge on any atom is -0.334 e. The van der Waals surface area contributed by atoms with Gasteiger partial charge in [-0.1, -0.05) is 0 Å². The highest BCUT2D eigenvalue weighted by molar-refractivity contribution is 5.18. The molecule has 16 heavy (non-hydrogen) atoms. The lowest BCUT2D eigenvalue weighted by atomic mass is 9.93. The molecule has 3 nitrogen and oxygen atoms in total. The number of imidazole rings is 1. The third kappa shape index (κ3) is 1.88. The predicted molar refractivity (Wildman–Crippen MR) is 64.4 cm³/mol. The molecule has 0 bridgehead atoms. The third-order valence-corrected chi connectivity index (χ3v) is 3.79. The second-order valence-corrected chi connectivity index (χ2v) is 5.54. The van der Waals surface area contributed by atoms with Crippen LogP contribution in [-0.2, 0) is 6.54 Å². The van der Waals surface area contributed by atoms with E-state index in [0.717, 1.165) is 18.9 Å². The van der Waals surface area contributed by atoms with Gasteiger partial charge in [0.1, 0.15) is 5.82 Å². The van der Waals surface area contributed by atoms with Gasteiger partial charge in [-0.3, -0.25) is 0 Å². The molecule has 1 aliphatic carbocycles. The summed E-state index contributed by atoms with van der Waals surface area (Å²) in [7, 11) is 0. The average molecular weight is 219 g/mol. The van der Waals surface area contributed by atoms with E-state index in [1.807, 2.05) is 0 Å². The van der Waals surface area contributed by atoms with Gasteiger partial charge in [0.15, 0.2) is 0 Å². The van der Waals surface area contributed by atoms with Gasteiger partial charge < -0.3 is 10.3 Å².